The molecule has 0 saturated carbocycles. The third-order valence-electron chi connectivity index (χ3n) is 3.47. The molecule has 0 unspecified atom stereocenters. The molecular formula is C17H11ClF3N3O. The summed E-state index contributed by atoms with van der Waals surface area (Å²) in [5.41, 5.74) is 0.244. The Labute approximate surface area is 145 Å². The number of carbonyl (C=O) groups excluding carboxylic acids is 1. The lowest BCUT2D eigenvalue weighted by molar-refractivity contribution is -0.137. The molecule has 8 heteroatoms. The van der Waals surface area contributed by atoms with Gasteiger partial charge < -0.3 is 9.88 Å². The molecule has 3 aromatic rings. The SMILES string of the molecule is O=C(N/C=C/n1cnc2cc(C(F)(F)F)ccc21)c1ccccc1Cl. The highest BCUT2D eigenvalue weighted by Gasteiger charge is 2.30. The van der Waals surface area contributed by atoms with Gasteiger partial charge in [-0.25, -0.2) is 4.98 Å². The fourth-order valence-corrected chi connectivity index (χ4v) is 2.46. The maximum atomic E-state index is 12.7. The molecule has 2 aromatic carbocycles. The molecule has 0 atom stereocenters. The van der Waals surface area contributed by atoms with Gasteiger partial charge in [-0.15, -0.1) is 0 Å². The lowest BCUT2D eigenvalue weighted by Gasteiger charge is -2.06. The molecule has 0 aliphatic carbocycles. The van der Waals surface area contributed by atoms with Gasteiger partial charge in [0.25, 0.3) is 5.91 Å². The van der Waals surface area contributed by atoms with Crippen molar-refractivity contribution in [2.75, 3.05) is 0 Å². The second-order valence-electron chi connectivity index (χ2n) is 5.12. The monoisotopic (exact) mass is 365 g/mol. The number of alkyl halides is 3. The molecule has 0 bridgehead atoms. The van der Waals surface area contributed by atoms with E-state index < -0.39 is 17.6 Å². The number of fused-ring (bicyclic) bond motifs is 1. The van der Waals surface area contributed by atoms with Crippen molar-refractivity contribution >= 4 is 34.7 Å². The van der Waals surface area contributed by atoms with Crippen LogP contribution in [0.3, 0.4) is 0 Å². The summed E-state index contributed by atoms with van der Waals surface area (Å²) in [7, 11) is 0. The van der Waals surface area contributed by atoms with Crippen molar-refractivity contribution in [2.45, 2.75) is 6.18 Å². The number of halogens is 4. The zero-order valence-electron chi connectivity index (χ0n) is 12.6. The fraction of sp³-hybridized carbons (Fsp3) is 0.0588. The minimum absolute atomic E-state index is 0.205. The minimum atomic E-state index is -4.42. The van der Waals surface area contributed by atoms with E-state index in [-0.39, 0.29) is 5.52 Å². The van der Waals surface area contributed by atoms with Crippen molar-refractivity contribution in [3.63, 3.8) is 0 Å². The van der Waals surface area contributed by atoms with Gasteiger partial charge in [0.15, 0.2) is 0 Å². The lowest BCUT2D eigenvalue weighted by atomic mass is 10.2. The molecule has 0 radical (unpaired) electrons. The maximum absolute atomic E-state index is 12.7. The molecule has 3 rings (SSSR count). The van der Waals surface area contributed by atoms with Crippen LogP contribution in [-0.2, 0) is 6.18 Å². The largest absolute Gasteiger partial charge is 0.416 e. The molecule has 128 valence electrons. The summed E-state index contributed by atoms with van der Waals surface area (Å²) in [6.45, 7) is 0. The van der Waals surface area contributed by atoms with Gasteiger partial charge in [0.05, 0.1) is 33.5 Å². The first-order valence-electron chi connectivity index (χ1n) is 7.12. The molecular weight excluding hydrogens is 355 g/mol. The number of rotatable bonds is 3. The van der Waals surface area contributed by atoms with Crippen LogP contribution in [0.4, 0.5) is 13.2 Å². The Bertz CT molecular complexity index is 963. The van der Waals surface area contributed by atoms with Gasteiger partial charge >= 0.3 is 6.18 Å². The number of nitrogens with one attached hydrogen (secondary N) is 1. The van der Waals surface area contributed by atoms with Crippen LogP contribution in [0.15, 0.2) is 55.0 Å². The number of benzene rings is 2. The van der Waals surface area contributed by atoms with E-state index in [2.05, 4.69) is 10.3 Å². The number of imidazole rings is 1. The summed E-state index contributed by atoms with van der Waals surface area (Å²) in [4.78, 5) is 16.0. The van der Waals surface area contributed by atoms with Gasteiger partial charge in [0.2, 0.25) is 0 Å². The van der Waals surface area contributed by atoms with Crippen molar-refractivity contribution in [1.82, 2.24) is 14.9 Å². The van der Waals surface area contributed by atoms with E-state index in [9.17, 15) is 18.0 Å². The van der Waals surface area contributed by atoms with Crippen molar-refractivity contribution in [2.24, 2.45) is 0 Å². The summed E-state index contributed by atoms with van der Waals surface area (Å²) < 4.78 is 39.6. The fourth-order valence-electron chi connectivity index (χ4n) is 2.24. The summed E-state index contributed by atoms with van der Waals surface area (Å²) in [5.74, 6) is -0.398. The summed E-state index contributed by atoms with van der Waals surface area (Å²) in [6, 6.07) is 9.86. The lowest BCUT2D eigenvalue weighted by Crippen LogP contribution is -2.17. The zero-order valence-corrected chi connectivity index (χ0v) is 13.3. The Hall–Kier alpha value is -2.80. The second-order valence-corrected chi connectivity index (χ2v) is 5.53. The minimum Gasteiger partial charge on any atom is -0.327 e. The third-order valence-corrected chi connectivity index (χ3v) is 3.80. The molecule has 0 spiro atoms. The maximum Gasteiger partial charge on any atom is 0.416 e. The molecule has 1 heterocycles. The molecule has 1 amide bonds. The van der Waals surface area contributed by atoms with Gasteiger partial charge in [0, 0.05) is 12.4 Å². The Balaban J connectivity index is 1.78. The first kappa shape index (κ1) is 17.0. The normalized spacial score (nSPS) is 12.0. The van der Waals surface area contributed by atoms with E-state index in [1.807, 2.05) is 0 Å². The van der Waals surface area contributed by atoms with Crippen LogP contribution in [0.1, 0.15) is 15.9 Å². The average Bonchev–Trinajstić information content (AvgIpc) is 2.97. The van der Waals surface area contributed by atoms with Gasteiger partial charge in [-0.1, -0.05) is 23.7 Å². The molecule has 0 fully saturated rings. The molecule has 0 aliphatic rings. The topological polar surface area (TPSA) is 46.9 Å². The standard InChI is InChI=1S/C17H11ClF3N3O/c18-13-4-2-1-3-12(13)16(25)22-7-8-24-10-23-14-9-11(17(19,20)21)5-6-15(14)24/h1-10H,(H,22,25)/b8-7+. The predicted octanol–water partition coefficient (Wildman–Crippen LogP) is 4.57. The van der Waals surface area contributed by atoms with E-state index in [0.29, 0.717) is 16.1 Å². The van der Waals surface area contributed by atoms with Gasteiger partial charge in [-0.3, -0.25) is 4.79 Å². The van der Waals surface area contributed by atoms with E-state index >= 15 is 0 Å². The number of aromatic nitrogens is 2. The van der Waals surface area contributed by atoms with Crippen LogP contribution in [0, 0.1) is 0 Å². The first-order chi connectivity index (χ1) is 11.9. The smallest absolute Gasteiger partial charge is 0.327 e. The molecule has 0 saturated heterocycles. The van der Waals surface area contributed by atoms with Crippen molar-refractivity contribution in [3.8, 4) is 0 Å². The predicted molar refractivity (Wildman–Crippen MR) is 89.0 cm³/mol. The summed E-state index contributed by atoms with van der Waals surface area (Å²) in [6.07, 6.45) is -0.207. The average molecular weight is 366 g/mol. The molecule has 1 aromatic heterocycles. The Morgan fingerprint density at radius 1 is 1.20 bits per heavy atom. The molecule has 25 heavy (non-hydrogen) atoms. The van der Waals surface area contributed by atoms with Crippen LogP contribution in [0.2, 0.25) is 5.02 Å². The highest BCUT2D eigenvalue weighted by Crippen LogP contribution is 2.31. The zero-order chi connectivity index (χ0) is 18.0. The Morgan fingerprint density at radius 2 is 1.96 bits per heavy atom. The quantitative estimate of drug-likeness (QED) is 0.739. The molecule has 4 nitrogen and oxygen atoms in total. The van der Waals surface area contributed by atoms with E-state index in [1.165, 1.54) is 29.4 Å². The van der Waals surface area contributed by atoms with E-state index in [0.717, 1.165) is 12.1 Å². The Kier molecular flexibility index (Phi) is 4.50. The summed E-state index contributed by atoms with van der Waals surface area (Å²) >= 11 is 5.94. The number of hydrogen-bond donors (Lipinski definition) is 1. The van der Waals surface area contributed by atoms with Crippen LogP contribution in [-0.4, -0.2) is 15.5 Å². The highest BCUT2D eigenvalue weighted by atomic mass is 35.5. The van der Waals surface area contributed by atoms with Gasteiger partial charge in [-0.2, -0.15) is 13.2 Å². The van der Waals surface area contributed by atoms with Crippen molar-refractivity contribution < 1.29 is 18.0 Å². The number of nitrogens with zero attached hydrogens (tertiary/aromatic N) is 2. The van der Waals surface area contributed by atoms with Crippen LogP contribution >= 0.6 is 11.6 Å². The third kappa shape index (κ3) is 3.66. The molecule has 0 aliphatic heterocycles. The van der Waals surface area contributed by atoms with Crippen molar-refractivity contribution in [1.29, 1.82) is 0 Å². The molecule has 1 N–H and O–H groups in total. The second kappa shape index (κ2) is 6.60. The van der Waals surface area contributed by atoms with Crippen molar-refractivity contribution in [3.05, 3.63) is 71.1 Å². The Morgan fingerprint density at radius 3 is 2.68 bits per heavy atom. The number of amides is 1. The highest BCUT2D eigenvalue weighted by molar-refractivity contribution is 6.33. The first-order valence-corrected chi connectivity index (χ1v) is 7.50. The number of hydrogen-bond acceptors (Lipinski definition) is 2. The summed E-state index contributed by atoms with van der Waals surface area (Å²) in [5, 5.41) is 2.87. The van der Waals surface area contributed by atoms with Crippen LogP contribution < -0.4 is 5.32 Å². The van der Waals surface area contributed by atoms with Gasteiger partial charge in [0.1, 0.15) is 0 Å². The number of carbonyl (C=O) groups is 1. The van der Waals surface area contributed by atoms with Crippen LogP contribution in [0.25, 0.3) is 17.2 Å². The van der Waals surface area contributed by atoms with Gasteiger partial charge in [-0.05, 0) is 30.3 Å². The van der Waals surface area contributed by atoms with Crippen LogP contribution in [0.5, 0.6) is 0 Å². The van der Waals surface area contributed by atoms with E-state index in [4.69, 9.17) is 11.6 Å². The van der Waals surface area contributed by atoms with E-state index in [1.54, 1.807) is 24.3 Å².